The van der Waals surface area contributed by atoms with E-state index in [2.05, 4.69) is 35.6 Å². The van der Waals surface area contributed by atoms with Crippen molar-refractivity contribution in [2.75, 3.05) is 6.54 Å². The molecule has 2 atom stereocenters. The molecule has 2 nitrogen and oxygen atoms in total. The van der Waals surface area contributed by atoms with Gasteiger partial charge >= 0.3 is 0 Å². The molecule has 4 bridgehead atoms. The molecule has 146 valence electrons. The molecule has 0 saturated heterocycles. The molecule has 1 aromatic rings. The molecule has 0 radical (unpaired) electrons. The highest BCUT2D eigenvalue weighted by Crippen LogP contribution is 2.66. The number of nitrogens with two attached hydrogens (primary N) is 1. The quantitative estimate of drug-likeness (QED) is 0.723. The molecule has 1 aromatic carbocycles. The normalized spacial score (nSPS) is 42.9. The molecule has 0 aliphatic heterocycles. The second-order valence-electron chi connectivity index (χ2n) is 10.3. The van der Waals surface area contributed by atoms with Crippen LogP contribution in [0, 0.1) is 23.2 Å². The van der Waals surface area contributed by atoms with Crippen LogP contribution in [0.1, 0.15) is 69.8 Å². The minimum atomic E-state index is 0.264. The lowest BCUT2D eigenvalue weighted by molar-refractivity contribution is -0.0356. The summed E-state index contributed by atoms with van der Waals surface area (Å²) in [4.78, 5) is 1.22. The molecule has 27 heavy (non-hydrogen) atoms. The van der Waals surface area contributed by atoms with E-state index < -0.39 is 0 Å². The Bertz CT molecular complexity index is 678. The Morgan fingerprint density at radius 1 is 1.00 bits per heavy atom. The topological polar surface area (TPSA) is 38.0 Å². The van der Waals surface area contributed by atoms with Gasteiger partial charge in [-0.25, -0.2) is 0 Å². The molecule has 0 heterocycles. The zero-order valence-corrected chi connectivity index (χ0v) is 17.3. The van der Waals surface area contributed by atoms with Crippen molar-refractivity contribution >= 4 is 17.2 Å². The van der Waals surface area contributed by atoms with E-state index in [1.165, 1.54) is 69.2 Å². The zero-order chi connectivity index (χ0) is 18.5. The number of benzene rings is 1. The summed E-state index contributed by atoms with van der Waals surface area (Å²) in [5, 5.41) is 3.88. The third kappa shape index (κ3) is 3.15. The summed E-state index contributed by atoms with van der Waals surface area (Å²) in [5.74, 6) is 2.48. The second kappa shape index (κ2) is 6.84. The highest BCUT2D eigenvalue weighted by atomic mass is 32.1. The van der Waals surface area contributed by atoms with E-state index in [4.69, 9.17) is 18.0 Å². The van der Waals surface area contributed by atoms with E-state index in [1.807, 2.05) is 0 Å². The Morgan fingerprint density at radius 3 is 2.30 bits per heavy atom. The molecule has 5 aliphatic carbocycles. The number of rotatable bonds is 4. The Hall–Kier alpha value is -0.930. The molecule has 0 aromatic heterocycles. The summed E-state index contributed by atoms with van der Waals surface area (Å²) in [5.41, 5.74) is 8.10. The summed E-state index contributed by atoms with van der Waals surface area (Å²) < 4.78 is 0. The Labute approximate surface area is 169 Å². The fourth-order valence-corrected chi connectivity index (χ4v) is 7.94. The van der Waals surface area contributed by atoms with E-state index in [9.17, 15) is 0 Å². The smallest absolute Gasteiger partial charge is 0.0818 e. The maximum Gasteiger partial charge on any atom is 0.0818 e. The summed E-state index contributed by atoms with van der Waals surface area (Å²) >= 11 is 6.15. The van der Waals surface area contributed by atoms with Crippen molar-refractivity contribution in [3.8, 4) is 0 Å². The lowest BCUT2D eigenvalue weighted by Gasteiger charge is -2.62. The lowest BCUT2D eigenvalue weighted by atomic mass is 9.43. The monoisotopic (exact) mass is 382 g/mol. The number of hydrogen-bond donors (Lipinski definition) is 2. The van der Waals surface area contributed by atoms with Crippen molar-refractivity contribution < 1.29 is 0 Å². The molecule has 3 N–H and O–H groups in total. The van der Waals surface area contributed by atoms with E-state index in [1.54, 1.807) is 5.56 Å². The van der Waals surface area contributed by atoms with Crippen LogP contribution in [0.5, 0.6) is 0 Å². The van der Waals surface area contributed by atoms with Gasteiger partial charge in [0.25, 0.3) is 0 Å². The molecule has 0 amide bonds. The van der Waals surface area contributed by atoms with Crippen LogP contribution in [-0.4, -0.2) is 17.6 Å². The molecule has 3 heteroatoms. The van der Waals surface area contributed by atoms with Gasteiger partial charge in [-0.05, 0) is 99.5 Å². The van der Waals surface area contributed by atoms with E-state index in [-0.39, 0.29) is 5.41 Å². The molecule has 5 saturated carbocycles. The first kappa shape index (κ1) is 18.1. The Morgan fingerprint density at radius 2 is 1.67 bits per heavy atom. The average molecular weight is 383 g/mol. The van der Waals surface area contributed by atoms with Crippen molar-refractivity contribution in [3.63, 3.8) is 0 Å². The molecular formula is C24H34N2S. The summed E-state index contributed by atoms with van der Waals surface area (Å²) in [6, 6.07) is 12.0. The standard InChI is InChI=1S/C24H34N2S/c25-15-17-6-8-21(9-7-17)26-22(27)24-13-18-10-19(14-24)12-23(11-18,16-24)20-4-2-1-3-5-20/h1-5,17-19,21H,6-16,25H2,(H,26,27). The van der Waals surface area contributed by atoms with Crippen molar-refractivity contribution in [1.29, 1.82) is 0 Å². The van der Waals surface area contributed by atoms with Gasteiger partial charge in [0, 0.05) is 11.5 Å². The summed E-state index contributed by atoms with van der Waals surface area (Å²) in [7, 11) is 0. The van der Waals surface area contributed by atoms with Gasteiger partial charge in [0.15, 0.2) is 0 Å². The van der Waals surface area contributed by atoms with Gasteiger partial charge in [-0.2, -0.15) is 0 Å². The van der Waals surface area contributed by atoms with Crippen molar-refractivity contribution in [1.82, 2.24) is 5.32 Å². The van der Waals surface area contributed by atoms with Gasteiger partial charge in [-0.15, -0.1) is 0 Å². The highest BCUT2D eigenvalue weighted by Gasteiger charge is 2.59. The molecule has 2 unspecified atom stereocenters. The second-order valence-corrected chi connectivity index (χ2v) is 10.7. The minimum Gasteiger partial charge on any atom is -0.376 e. The summed E-state index contributed by atoms with van der Waals surface area (Å²) in [6.45, 7) is 0.851. The third-order valence-corrected chi connectivity index (χ3v) is 9.00. The number of nitrogens with one attached hydrogen (secondary N) is 1. The van der Waals surface area contributed by atoms with Crippen LogP contribution in [0.2, 0.25) is 0 Å². The van der Waals surface area contributed by atoms with Crippen LogP contribution in [0.15, 0.2) is 30.3 Å². The first-order valence-electron chi connectivity index (χ1n) is 11.2. The Kier molecular flexibility index (Phi) is 4.59. The first-order valence-corrected chi connectivity index (χ1v) is 11.6. The first-order chi connectivity index (χ1) is 13.1. The predicted octanol–water partition coefficient (Wildman–Crippen LogP) is 4.96. The molecule has 5 aliphatic rings. The molecule has 6 rings (SSSR count). The fourth-order valence-electron chi connectivity index (χ4n) is 7.54. The van der Waals surface area contributed by atoms with Gasteiger partial charge in [0.2, 0.25) is 0 Å². The predicted molar refractivity (Wildman–Crippen MR) is 116 cm³/mol. The van der Waals surface area contributed by atoms with Gasteiger partial charge in [0.1, 0.15) is 0 Å². The summed E-state index contributed by atoms with van der Waals surface area (Å²) in [6.07, 6.45) is 13.2. The number of thiocarbonyl (C=S) groups is 1. The molecule has 0 spiro atoms. The highest BCUT2D eigenvalue weighted by molar-refractivity contribution is 7.80. The van der Waals surface area contributed by atoms with E-state index in [0.29, 0.717) is 11.5 Å². The minimum absolute atomic E-state index is 0.264. The van der Waals surface area contributed by atoms with Gasteiger partial charge in [0.05, 0.1) is 4.99 Å². The number of hydrogen-bond acceptors (Lipinski definition) is 2. The van der Waals surface area contributed by atoms with Gasteiger partial charge in [-0.1, -0.05) is 42.5 Å². The van der Waals surface area contributed by atoms with Gasteiger partial charge in [-0.3, -0.25) is 0 Å². The van der Waals surface area contributed by atoms with Crippen molar-refractivity contribution in [2.24, 2.45) is 28.9 Å². The van der Waals surface area contributed by atoms with Crippen LogP contribution >= 0.6 is 12.2 Å². The van der Waals surface area contributed by atoms with Crippen LogP contribution < -0.4 is 11.1 Å². The fraction of sp³-hybridized carbons (Fsp3) is 0.708. The van der Waals surface area contributed by atoms with Crippen LogP contribution in [-0.2, 0) is 5.41 Å². The lowest BCUT2D eigenvalue weighted by Crippen LogP contribution is -2.59. The van der Waals surface area contributed by atoms with E-state index >= 15 is 0 Å². The van der Waals surface area contributed by atoms with Crippen molar-refractivity contribution in [2.45, 2.75) is 75.7 Å². The third-order valence-electron chi connectivity index (χ3n) is 8.44. The maximum absolute atomic E-state index is 6.15. The zero-order valence-electron chi connectivity index (χ0n) is 16.5. The molecular weight excluding hydrogens is 348 g/mol. The van der Waals surface area contributed by atoms with Crippen LogP contribution in [0.3, 0.4) is 0 Å². The largest absolute Gasteiger partial charge is 0.376 e. The SMILES string of the molecule is NCC1CCC(NC(=S)C23CC4CC(C2)CC(c2ccccc2)(C4)C3)CC1. The van der Waals surface area contributed by atoms with E-state index in [0.717, 1.165) is 24.3 Å². The van der Waals surface area contributed by atoms with Gasteiger partial charge < -0.3 is 11.1 Å². The average Bonchev–Trinajstić information content (AvgIpc) is 2.68. The van der Waals surface area contributed by atoms with Crippen LogP contribution in [0.4, 0.5) is 0 Å². The van der Waals surface area contributed by atoms with Crippen LogP contribution in [0.25, 0.3) is 0 Å². The maximum atomic E-state index is 6.15. The Balaban J connectivity index is 1.36. The molecule has 5 fully saturated rings. The van der Waals surface area contributed by atoms with Crippen molar-refractivity contribution in [3.05, 3.63) is 35.9 Å².